The molecule has 0 aliphatic heterocycles. The Bertz CT molecular complexity index is 122. The highest BCUT2D eigenvalue weighted by Crippen LogP contribution is 1.89. The molecule has 4 heteroatoms. The first-order valence-corrected chi connectivity index (χ1v) is 3.78. The number of amides is 1. The van der Waals surface area contributed by atoms with Gasteiger partial charge in [-0.25, -0.2) is 0 Å². The van der Waals surface area contributed by atoms with Crippen molar-refractivity contribution in [1.82, 2.24) is 5.32 Å². The molecule has 0 aromatic heterocycles. The van der Waals surface area contributed by atoms with E-state index < -0.39 is 6.04 Å². The van der Waals surface area contributed by atoms with E-state index in [0.29, 0.717) is 0 Å². The van der Waals surface area contributed by atoms with E-state index in [-0.39, 0.29) is 18.6 Å². The van der Waals surface area contributed by atoms with Gasteiger partial charge in [0.15, 0.2) is 0 Å². The Balaban J connectivity index is 3.72. The van der Waals surface area contributed by atoms with Gasteiger partial charge in [0.05, 0.1) is 18.7 Å². The molecule has 0 saturated heterocycles. The lowest BCUT2D eigenvalue weighted by molar-refractivity contribution is -0.123. The molecule has 0 spiro atoms. The minimum absolute atomic E-state index is 0.0328. The summed E-state index contributed by atoms with van der Waals surface area (Å²) < 4.78 is 0. The van der Waals surface area contributed by atoms with Crippen LogP contribution in [0.3, 0.4) is 0 Å². The highest BCUT2D eigenvalue weighted by Gasteiger charge is 2.11. The van der Waals surface area contributed by atoms with Crippen molar-refractivity contribution in [2.24, 2.45) is 5.73 Å². The van der Waals surface area contributed by atoms with E-state index in [1.54, 1.807) is 6.92 Å². The first-order chi connectivity index (χ1) is 5.11. The molecule has 66 valence electrons. The third-order valence-electron chi connectivity index (χ3n) is 1.47. The van der Waals surface area contributed by atoms with Gasteiger partial charge in [-0.05, 0) is 13.3 Å². The van der Waals surface area contributed by atoms with Crippen LogP contribution < -0.4 is 11.1 Å². The predicted octanol–water partition coefficient (Wildman–Crippen LogP) is -0.779. The Hall–Kier alpha value is -0.610. The van der Waals surface area contributed by atoms with Crippen LogP contribution in [-0.2, 0) is 4.79 Å². The smallest absolute Gasteiger partial charge is 0.236 e. The van der Waals surface area contributed by atoms with Crippen molar-refractivity contribution in [2.45, 2.75) is 32.4 Å². The number of aliphatic hydroxyl groups excluding tert-OH is 1. The minimum atomic E-state index is -0.504. The van der Waals surface area contributed by atoms with Gasteiger partial charge in [-0.15, -0.1) is 0 Å². The van der Waals surface area contributed by atoms with Crippen LogP contribution in [0.5, 0.6) is 0 Å². The van der Waals surface area contributed by atoms with Gasteiger partial charge in [-0.2, -0.15) is 0 Å². The van der Waals surface area contributed by atoms with Gasteiger partial charge in [0, 0.05) is 0 Å². The topological polar surface area (TPSA) is 75.3 Å². The van der Waals surface area contributed by atoms with Crippen LogP contribution in [0.1, 0.15) is 20.3 Å². The average molecular weight is 160 g/mol. The molecule has 0 unspecified atom stereocenters. The number of aliphatic hydroxyl groups is 1. The summed E-state index contributed by atoms with van der Waals surface area (Å²) in [4.78, 5) is 10.9. The normalized spacial score (nSPS) is 15.6. The molecule has 0 radical (unpaired) electrons. The highest BCUT2D eigenvalue weighted by molar-refractivity contribution is 5.81. The van der Waals surface area contributed by atoms with Crippen molar-refractivity contribution in [3.05, 3.63) is 0 Å². The summed E-state index contributed by atoms with van der Waals surface area (Å²) in [5, 5.41) is 11.3. The van der Waals surface area contributed by atoms with Crippen molar-refractivity contribution < 1.29 is 9.90 Å². The summed E-state index contributed by atoms with van der Waals surface area (Å²) in [6.45, 7) is 3.47. The predicted molar refractivity (Wildman–Crippen MR) is 43.0 cm³/mol. The fourth-order valence-corrected chi connectivity index (χ4v) is 0.609. The molecular formula is C7H16N2O2. The number of carbonyl (C=O) groups is 1. The molecule has 0 heterocycles. The summed E-state index contributed by atoms with van der Waals surface area (Å²) in [6, 6.07) is -0.663. The average Bonchev–Trinajstić information content (AvgIpc) is 1.99. The summed E-state index contributed by atoms with van der Waals surface area (Å²) in [5.74, 6) is -0.217. The second-order valence-electron chi connectivity index (χ2n) is 2.59. The third-order valence-corrected chi connectivity index (χ3v) is 1.47. The summed E-state index contributed by atoms with van der Waals surface area (Å²) >= 11 is 0. The van der Waals surface area contributed by atoms with Crippen molar-refractivity contribution >= 4 is 5.91 Å². The zero-order valence-electron chi connectivity index (χ0n) is 7.00. The van der Waals surface area contributed by atoms with E-state index in [4.69, 9.17) is 10.8 Å². The summed E-state index contributed by atoms with van der Waals surface area (Å²) in [5.41, 5.74) is 5.30. The molecule has 4 N–H and O–H groups in total. The first-order valence-electron chi connectivity index (χ1n) is 3.78. The standard InChI is InChI=1S/C7H16N2O2/c1-3-6(4-10)9-7(11)5(2)8/h5-6,10H,3-4,8H2,1-2H3,(H,9,11)/t5-,6-/m1/s1. The number of rotatable bonds is 4. The van der Waals surface area contributed by atoms with Crippen LogP contribution in [0, 0.1) is 0 Å². The van der Waals surface area contributed by atoms with E-state index in [9.17, 15) is 4.79 Å². The number of nitrogens with two attached hydrogens (primary N) is 1. The van der Waals surface area contributed by atoms with Gasteiger partial charge >= 0.3 is 0 Å². The number of carbonyl (C=O) groups excluding carboxylic acids is 1. The molecule has 0 aromatic carbocycles. The Morgan fingerprint density at radius 1 is 1.73 bits per heavy atom. The first kappa shape index (κ1) is 10.4. The van der Waals surface area contributed by atoms with Crippen LogP contribution in [-0.4, -0.2) is 29.7 Å². The number of hydrogen-bond acceptors (Lipinski definition) is 3. The zero-order chi connectivity index (χ0) is 8.85. The highest BCUT2D eigenvalue weighted by atomic mass is 16.3. The molecule has 2 atom stereocenters. The van der Waals surface area contributed by atoms with E-state index in [1.807, 2.05) is 6.92 Å². The van der Waals surface area contributed by atoms with Crippen molar-refractivity contribution in [3.8, 4) is 0 Å². The summed E-state index contributed by atoms with van der Waals surface area (Å²) in [7, 11) is 0. The maximum atomic E-state index is 10.9. The second kappa shape index (κ2) is 5.09. The van der Waals surface area contributed by atoms with Crippen molar-refractivity contribution in [3.63, 3.8) is 0 Å². The van der Waals surface area contributed by atoms with Gasteiger partial charge in [0.1, 0.15) is 0 Å². The molecule has 0 aromatic rings. The third kappa shape index (κ3) is 3.95. The molecule has 1 amide bonds. The Kier molecular flexibility index (Phi) is 4.81. The number of nitrogens with one attached hydrogen (secondary N) is 1. The largest absolute Gasteiger partial charge is 0.394 e. The SMILES string of the molecule is CC[C@H](CO)NC(=O)[C@@H](C)N. The van der Waals surface area contributed by atoms with Gasteiger partial charge in [-0.1, -0.05) is 6.92 Å². The molecule has 4 nitrogen and oxygen atoms in total. The van der Waals surface area contributed by atoms with E-state index >= 15 is 0 Å². The maximum absolute atomic E-state index is 10.9. The van der Waals surface area contributed by atoms with Crippen molar-refractivity contribution in [2.75, 3.05) is 6.61 Å². The van der Waals surface area contributed by atoms with Gasteiger partial charge in [0.25, 0.3) is 0 Å². The monoisotopic (exact) mass is 160 g/mol. The Morgan fingerprint density at radius 3 is 2.55 bits per heavy atom. The van der Waals surface area contributed by atoms with E-state index in [0.717, 1.165) is 6.42 Å². The van der Waals surface area contributed by atoms with Crippen LogP contribution >= 0.6 is 0 Å². The van der Waals surface area contributed by atoms with Crippen LogP contribution in [0.2, 0.25) is 0 Å². The quantitative estimate of drug-likeness (QED) is 0.505. The maximum Gasteiger partial charge on any atom is 0.236 e. The van der Waals surface area contributed by atoms with Gasteiger partial charge in [-0.3, -0.25) is 4.79 Å². The lowest BCUT2D eigenvalue weighted by atomic mass is 10.2. The molecular weight excluding hydrogens is 144 g/mol. The van der Waals surface area contributed by atoms with Gasteiger partial charge < -0.3 is 16.2 Å². The molecule has 0 aliphatic carbocycles. The van der Waals surface area contributed by atoms with Crippen LogP contribution in [0.15, 0.2) is 0 Å². The Labute approximate surface area is 66.8 Å². The molecule has 0 aliphatic rings. The van der Waals surface area contributed by atoms with Gasteiger partial charge in [0.2, 0.25) is 5.91 Å². The van der Waals surface area contributed by atoms with Crippen LogP contribution in [0.4, 0.5) is 0 Å². The Morgan fingerprint density at radius 2 is 2.27 bits per heavy atom. The molecule has 0 fully saturated rings. The van der Waals surface area contributed by atoms with Crippen LogP contribution in [0.25, 0.3) is 0 Å². The minimum Gasteiger partial charge on any atom is -0.394 e. The second-order valence-corrected chi connectivity index (χ2v) is 2.59. The fourth-order valence-electron chi connectivity index (χ4n) is 0.609. The molecule has 11 heavy (non-hydrogen) atoms. The molecule has 0 rings (SSSR count). The number of hydrogen-bond donors (Lipinski definition) is 3. The van der Waals surface area contributed by atoms with E-state index in [2.05, 4.69) is 5.32 Å². The van der Waals surface area contributed by atoms with E-state index in [1.165, 1.54) is 0 Å². The lowest BCUT2D eigenvalue weighted by Crippen LogP contribution is -2.45. The van der Waals surface area contributed by atoms with Crippen molar-refractivity contribution in [1.29, 1.82) is 0 Å². The lowest BCUT2D eigenvalue weighted by Gasteiger charge is -2.15. The zero-order valence-corrected chi connectivity index (χ0v) is 7.00. The summed E-state index contributed by atoms with van der Waals surface area (Å²) in [6.07, 6.45) is 0.717. The molecule has 0 bridgehead atoms. The fraction of sp³-hybridized carbons (Fsp3) is 0.857. The molecule has 0 saturated carbocycles.